The fourth-order valence-electron chi connectivity index (χ4n) is 1.93. The standard InChI is InChI=1S/C14H24N4O3S/c1-20-7-6-17-12-4-2-11(3-5-12)8-18(19)14(22)13(16)9-21-10-15/h2,4,16-17,19H,3,5-10,15H2,1H3/p+1. The predicted molar refractivity (Wildman–Crippen MR) is 88.3 cm³/mol. The average Bonchev–Trinajstić information content (AvgIpc) is 2.53. The van der Waals surface area contributed by atoms with Crippen LogP contribution >= 0.6 is 12.2 Å². The van der Waals surface area contributed by atoms with Gasteiger partial charge in [0.1, 0.15) is 6.61 Å². The van der Waals surface area contributed by atoms with Crippen LogP contribution in [0.4, 0.5) is 0 Å². The molecule has 6 N–H and O–H groups in total. The molecule has 0 unspecified atom stereocenters. The summed E-state index contributed by atoms with van der Waals surface area (Å²) in [6.07, 6.45) is 5.74. The lowest BCUT2D eigenvalue weighted by Gasteiger charge is -2.21. The van der Waals surface area contributed by atoms with Gasteiger partial charge in [-0.1, -0.05) is 18.3 Å². The van der Waals surface area contributed by atoms with Crippen molar-refractivity contribution < 1.29 is 20.1 Å². The normalized spacial score (nSPS) is 14.1. The maximum absolute atomic E-state index is 9.99. The van der Waals surface area contributed by atoms with E-state index in [0.29, 0.717) is 13.2 Å². The molecule has 8 heteroatoms. The molecule has 1 aliphatic carbocycles. The van der Waals surface area contributed by atoms with E-state index in [-0.39, 0.29) is 24.0 Å². The minimum Gasteiger partial charge on any atom is -0.386 e. The second-order valence-electron chi connectivity index (χ2n) is 4.84. The number of rotatable bonds is 10. The summed E-state index contributed by atoms with van der Waals surface area (Å²) in [5.74, 6) is 0. The van der Waals surface area contributed by atoms with Gasteiger partial charge in [-0.3, -0.25) is 10.6 Å². The number of nitrogens with two attached hydrogens (primary N) is 2. The lowest BCUT2D eigenvalue weighted by atomic mass is 10.0. The highest BCUT2D eigenvalue weighted by atomic mass is 32.1. The minimum atomic E-state index is 0.0591. The van der Waals surface area contributed by atoms with E-state index in [2.05, 4.69) is 5.32 Å². The van der Waals surface area contributed by atoms with Gasteiger partial charge in [-0.2, -0.15) is 0 Å². The van der Waals surface area contributed by atoms with Gasteiger partial charge in [-0.15, -0.1) is 0 Å². The van der Waals surface area contributed by atoms with Gasteiger partial charge < -0.3 is 20.5 Å². The summed E-state index contributed by atoms with van der Waals surface area (Å²) in [6.45, 7) is 1.95. The minimum absolute atomic E-state index is 0.0591. The fraction of sp³-hybridized carbons (Fsp3) is 0.571. The van der Waals surface area contributed by atoms with Crippen molar-refractivity contribution in [2.24, 2.45) is 5.73 Å². The smallest absolute Gasteiger partial charge is 0.235 e. The van der Waals surface area contributed by atoms with Crippen molar-refractivity contribution in [3.05, 3.63) is 23.4 Å². The number of hydrogen-bond acceptors (Lipinski definition) is 6. The maximum atomic E-state index is 9.99. The number of hydrogen-bond donors (Lipinski definition) is 4. The maximum Gasteiger partial charge on any atom is 0.235 e. The Labute approximate surface area is 136 Å². The molecule has 0 fully saturated rings. The average molecular weight is 329 g/mol. The number of allylic oxidation sites excluding steroid dienone is 3. The molecule has 0 saturated heterocycles. The van der Waals surface area contributed by atoms with Crippen molar-refractivity contribution >= 4 is 22.9 Å². The van der Waals surface area contributed by atoms with Crippen LogP contribution in [0.2, 0.25) is 0 Å². The molecule has 0 heterocycles. The highest BCUT2D eigenvalue weighted by molar-refractivity contribution is 7.82. The Kier molecular flexibility index (Phi) is 8.86. The SMILES string of the molecule is COCCNC1=CC=C(CN(O)C(=S)C(=[NH2+])COCN)CC1. The molecule has 1 aliphatic rings. The molecule has 0 saturated carbocycles. The van der Waals surface area contributed by atoms with Crippen molar-refractivity contribution in [2.75, 3.05) is 40.1 Å². The van der Waals surface area contributed by atoms with Crippen molar-refractivity contribution in [3.63, 3.8) is 0 Å². The first kappa shape index (κ1) is 18.7. The number of nitrogens with one attached hydrogen (secondary N) is 1. The highest BCUT2D eigenvalue weighted by Gasteiger charge is 2.19. The lowest BCUT2D eigenvalue weighted by Crippen LogP contribution is -2.52. The molecular weight excluding hydrogens is 304 g/mol. The summed E-state index contributed by atoms with van der Waals surface area (Å²) in [5.41, 5.74) is 7.75. The van der Waals surface area contributed by atoms with Crippen molar-refractivity contribution in [2.45, 2.75) is 12.8 Å². The van der Waals surface area contributed by atoms with Gasteiger partial charge in [0.05, 0.1) is 19.9 Å². The van der Waals surface area contributed by atoms with E-state index in [0.717, 1.165) is 35.7 Å². The first-order valence-electron chi connectivity index (χ1n) is 7.09. The molecule has 0 aromatic carbocycles. The Morgan fingerprint density at radius 2 is 2.27 bits per heavy atom. The lowest BCUT2D eigenvalue weighted by molar-refractivity contribution is -0.119. The third-order valence-corrected chi connectivity index (χ3v) is 3.60. The number of nitrogens with zero attached hydrogens (tertiary/aromatic N) is 1. The molecule has 0 aromatic rings. The van der Waals surface area contributed by atoms with Crippen LogP contribution in [0.15, 0.2) is 23.4 Å². The topological polar surface area (TPSA) is 106 Å². The molecule has 0 spiro atoms. The molecule has 0 aromatic heterocycles. The molecule has 124 valence electrons. The van der Waals surface area contributed by atoms with E-state index < -0.39 is 0 Å². The molecule has 0 atom stereocenters. The largest absolute Gasteiger partial charge is 0.386 e. The summed E-state index contributed by atoms with van der Waals surface area (Å²) in [4.78, 5) is 0.169. The molecule has 0 amide bonds. The first-order chi connectivity index (χ1) is 10.6. The van der Waals surface area contributed by atoms with Crippen molar-refractivity contribution in [3.8, 4) is 0 Å². The Morgan fingerprint density at radius 3 is 2.86 bits per heavy atom. The Bertz CT molecular complexity index is 451. The zero-order chi connectivity index (χ0) is 16.4. The van der Waals surface area contributed by atoms with E-state index >= 15 is 0 Å². The molecule has 0 radical (unpaired) electrons. The quantitative estimate of drug-likeness (QED) is 0.134. The van der Waals surface area contributed by atoms with E-state index in [4.69, 9.17) is 32.8 Å². The van der Waals surface area contributed by atoms with E-state index in [9.17, 15) is 5.21 Å². The third kappa shape index (κ3) is 6.63. The van der Waals surface area contributed by atoms with E-state index in [1.54, 1.807) is 7.11 Å². The summed E-state index contributed by atoms with van der Waals surface area (Å²) < 4.78 is 9.96. The number of thiocarbonyl (C=S) groups is 1. The number of methoxy groups -OCH3 is 1. The summed E-state index contributed by atoms with van der Waals surface area (Å²) in [7, 11) is 1.68. The van der Waals surface area contributed by atoms with Crippen LogP contribution in [-0.2, 0) is 9.47 Å². The van der Waals surface area contributed by atoms with Crippen LogP contribution in [0, 0.1) is 0 Å². The molecule has 7 nitrogen and oxygen atoms in total. The van der Waals surface area contributed by atoms with Crippen molar-refractivity contribution in [1.82, 2.24) is 10.4 Å². The Morgan fingerprint density at radius 1 is 1.50 bits per heavy atom. The van der Waals surface area contributed by atoms with Crippen molar-refractivity contribution in [1.29, 1.82) is 0 Å². The monoisotopic (exact) mass is 329 g/mol. The van der Waals surface area contributed by atoms with Gasteiger partial charge >= 0.3 is 0 Å². The second-order valence-corrected chi connectivity index (χ2v) is 5.23. The van der Waals surface area contributed by atoms with Crippen LogP contribution in [0.1, 0.15) is 12.8 Å². The predicted octanol–water partition coefficient (Wildman–Crippen LogP) is -1.02. The number of ether oxygens (including phenoxy) is 2. The van der Waals surface area contributed by atoms with Crippen LogP contribution < -0.4 is 16.5 Å². The van der Waals surface area contributed by atoms with Crippen LogP contribution in [0.5, 0.6) is 0 Å². The summed E-state index contributed by atoms with van der Waals surface area (Å²) in [5, 5.41) is 20.0. The molecule has 22 heavy (non-hydrogen) atoms. The Hall–Kier alpha value is -1.32. The van der Waals surface area contributed by atoms with Gasteiger partial charge in [-0.05, 0) is 24.5 Å². The van der Waals surface area contributed by atoms with Gasteiger partial charge in [-0.25, -0.2) is 5.06 Å². The fourth-order valence-corrected chi connectivity index (χ4v) is 2.06. The molecule has 0 aliphatic heterocycles. The van der Waals surface area contributed by atoms with Gasteiger partial charge in [0, 0.05) is 19.4 Å². The van der Waals surface area contributed by atoms with Crippen LogP contribution in [-0.4, -0.2) is 61.1 Å². The highest BCUT2D eigenvalue weighted by Crippen LogP contribution is 2.17. The summed E-state index contributed by atoms with van der Waals surface area (Å²) in [6, 6.07) is 0. The van der Waals surface area contributed by atoms with Crippen LogP contribution in [0.3, 0.4) is 0 Å². The van der Waals surface area contributed by atoms with E-state index in [1.807, 2.05) is 12.2 Å². The molecular formula is C14H25N4O3S+. The second kappa shape index (κ2) is 10.4. The van der Waals surface area contributed by atoms with Crippen LogP contribution in [0.25, 0.3) is 0 Å². The van der Waals surface area contributed by atoms with Gasteiger partial charge in [0.2, 0.25) is 5.71 Å². The molecule has 1 rings (SSSR count). The third-order valence-electron chi connectivity index (χ3n) is 3.13. The first-order valence-corrected chi connectivity index (χ1v) is 7.50. The van der Waals surface area contributed by atoms with Gasteiger partial charge in [0.25, 0.3) is 0 Å². The summed E-state index contributed by atoms with van der Waals surface area (Å²) >= 11 is 5.10. The molecule has 0 bridgehead atoms. The van der Waals surface area contributed by atoms with E-state index in [1.165, 1.54) is 0 Å². The number of hydroxylamine groups is 2. The zero-order valence-corrected chi connectivity index (χ0v) is 13.7. The Balaban J connectivity index is 2.43. The van der Waals surface area contributed by atoms with Gasteiger partial charge in [0.15, 0.2) is 4.99 Å². The zero-order valence-electron chi connectivity index (χ0n) is 12.9.